The molecule has 3 aromatic carbocycles. The van der Waals surface area contributed by atoms with E-state index in [1.165, 1.54) is 17.7 Å². The molecule has 0 aromatic heterocycles. The van der Waals surface area contributed by atoms with E-state index in [-0.39, 0.29) is 28.0 Å². The zero-order chi connectivity index (χ0) is 21.8. The monoisotopic (exact) mass is 444 g/mol. The molecule has 0 bridgehead atoms. The molecule has 3 rings (SSSR count). The normalized spacial score (nSPS) is 11.0. The van der Waals surface area contributed by atoms with E-state index in [0.29, 0.717) is 22.8 Å². The van der Waals surface area contributed by atoms with Gasteiger partial charge in [0.1, 0.15) is 11.5 Å². The van der Waals surface area contributed by atoms with Crippen molar-refractivity contribution in [3.05, 3.63) is 75.8 Å². The smallest absolute Gasteiger partial charge is 0.307 e. The number of rotatable bonds is 7. The van der Waals surface area contributed by atoms with Gasteiger partial charge in [0.2, 0.25) is 0 Å². The van der Waals surface area contributed by atoms with Gasteiger partial charge in [0.25, 0.3) is 0 Å². The Morgan fingerprint density at radius 2 is 1.70 bits per heavy atom. The second-order valence-corrected chi connectivity index (χ2v) is 8.35. The molecule has 0 aliphatic carbocycles. The quantitative estimate of drug-likeness (QED) is 0.412. The Balaban J connectivity index is 1.92. The molecule has 0 aliphatic heterocycles. The summed E-state index contributed by atoms with van der Waals surface area (Å²) in [4.78, 5) is 10.9. The maximum absolute atomic E-state index is 10.9. The average molecular weight is 445 g/mol. The van der Waals surface area contributed by atoms with E-state index >= 15 is 0 Å². The maximum atomic E-state index is 10.9. The number of carboxylic acid groups (broad SMARTS) is 1. The van der Waals surface area contributed by atoms with Gasteiger partial charge in [0, 0.05) is 5.56 Å². The molecule has 0 saturated heterocycles. The van der Waals surface area contributed by atoms with Crippen molar-refractivity contribution in [2.75, 3.05) is 0 Å². The minimum atomic E-state index is -0.973. The highest BCUT2D eigenvalue weighted by Crippen LogP contribution is 2.40. The molecular formula is C24H22Cl2O4. The summed E-state index contributed by atoms with van der Waals surface area (Å²) in [5, 5.41) is 19.8. The van der Waals surface area contributed by atoms with E-state index in [0.717, 1.165) is 12.0 Å². The number of aliphatic carboxylic acids is 1. The van der Waals surface area contributed by atoms with Crippen molar-refractivity contribution in [3.8, 4) is 28.4 Å². The van der Waals surface area contributed by atoms with Gasteiger partial charge in [-0.1, -0.05) is 61.3 Å². The fourth-order valence-electron chi connectivity index (χ4n) is 3.25. The molecule has 30 heavy (non-hydrogen) atoms. The first kappa shape index (κ1) is 22.0. The molecule has 4 nitrogen and oxygen atoms in total. The average Bonchev–Trinajstić information content (AvgIpc) is 2.65. The van der Waals surface area contributed by atoms with Crippen LogP contribution in [0.25, 0.3) is 11.1 Å². The van der Waals surface area contributed by atoms with Gasteiger partial charge in [-0.15, -0.1) is 0 Å². The molecule has 2 N–H and O–H groups in total. The zero-order valence-electron chi connectivity index (χ0n) is 16.7. The Kier molecular flexibility index (Phi) is 6.91. The molecule has 6 heteroatoms. The molecule has 0 fully saturated rings. The van der Waals surface area contributed by atoms with Crippen LogP contribution >= 0.6 is 23.2 Å². The summed E-state index contributed by atoms with van der Waals surface area (Å²) in [5.74, 6) is 0.373. The van der Waals surface area contributed by atoms with Gasteiger partial charge in [0.05, 0.1) is 16.5 Å². The highest BCUT2D eigenvalue weighted by molar-refractivity contribution is 6.37. The first-order valence-corrected chi connectivity index (χ1v) is 10.3. The van der Waals surface area contributed by atoms with Crippen LogP contribution in [0.1, 0.15) is 25.0 Å². The van der Waals surface area contributed by atoms with Crippen LogP contribution in [0.2, 0.25) is 10.0 Å². The van der Waals surface area contributed by atoms with Crippen molar-refractivity contribution >= 4 is 29.2 Å². The van der Waals surface area contributed by atoms with Gasteiger partial charge in [0.15, 0.2) is 5.75 Å². The molecule has 156 valence electrons. The highest BCUT2D eigenvalue weighted by Gasteiger charge is 2.14. The van der Waals surface area contributed by atoms with E-state index in [2.05, 4.69) is 26.0 Å². The predicted molar refractivity (Wildman–Crippen MR) is 120 cm³/mol. The minimum Gasteiger partial charge on any atom is -0.507 e. The molecule has 0 heterocycles. The Morgan fingerprint density at radius 3 is 2.33 bits per heavy atom. The molecule has 0 unspecified atom stereocenters. The summed E-state index contributed by atoms with van der Waals surface area (Å²) in [7, 11) is 0. The highest BCUT2D eigenvalue weighted by atomic mass is 35.5. The summed E-state index contributed by atoms with van der Waals surface area (Å²) in [6.07, 6.45) is 0.758. The molecule has 0 amide bonds. The number of carboxylic acids is 1. The van der Waals surface area contributed by atoms with Crippen LogP contribution in [-0.2, 0) is 17.6 Å². The van der Waals surface area contributed by atoms with Crippen LogP contribution in [0.3, 0.4) is 0 Å². The summed E-state index contributed by atoms with van der Waals surface area (Å²) >= 11 is 12.5. The third kappa shape index (κ3) is 5.47. The van der Waals surface area contributed by atoms with Gasteiger partial charge in [-0.2, -0.15) is 0 Å². The van der Waals surface area contributed by atoms with E-state index in [1.54, 1.807) is 18.2 Å². The number of hydrogen-bond acceptors (Lipinski definition) is 3. The van der Waals surface area contributed by atoms with Crippen molar-refractivity contribution in [3.63, 3.8) is 0 Å². The van der Waals surface area contributed by atoms with Crippen LogP contribution < -0.4 is 4.74 Å². The van der Waals surface area contributed by atoms with Crippen molar-refractivity contribution in [1.82, 2.24) is 0 Å². The standard InChI is InChI=1S/C24H22Cl2O4/c1-14(2)8-15-4-3-5-17(9-15)19-13-18(6-7-22(19)27)30-24-20(25)10-16(11-21(24)26)12-23(28)29/h3-7,9-11,13-14,27H,8,12H2,1-2H3,(H,28,29). The molecular weight excluding hydrogens is 423 g/mol. The van der Waals surface area contributed by atoms with E-state index in [4.69, 9.17) is 33.0 Å². The summed E-state index contributed by atoms with van der Waals surface area (Å²) < 4.78 is 5.89. The van der Waals surface area contributed by atoms with E-state index < -0.39 is 5.97 Å². The SMILES string of the molecule is CC(C)Cc1cccc(-c2cc(Oc3c(Cl)cc(CC(=O)O)cc3Cl)ccc2O)c1. The zero-order valence-corrected chi connectivity index (χ0v) is 18.2. The lowest BCUT2D eigenvalue weighted by Gasteiger charge is -2.14. The van der Waals surface area contributed by atoms with Crippen LogP contribution in [0.5, 0.6) is 17.2 Å². The lowest BCUT2D eigenvalue weighted by Crippen LogP contribution is -2.00. The van der Waals surface area contributed by atoms with Gasteiger partial charge in [-0.05, 0) is 59.4 Å². The second kappa shape index (κ2) is 9.41. The molecule has 3 aromatic rings. The van der Waals surface area contributed by atoms with Gasteiger partial charge >= 0.3 is 5.97 Å². The van der Waals surface area contributed by atoms with Crippen molar-refractivity contribution in [2.24, 2.45) is 5.92 Å². The molecule has 0 aliphatic rings. The third-order valence-corrected chi connectivity index (χ3v) is 5.04. The first-order valence-electron chi connectivity index (χ1n) is 9.53. The van der Waals surface area contributed by atoms with Crippen LogP contribution in [-0.4, -0.2) is 16.2 Å². The Hall–Kier alpha value is -2.69. The number of aromatic hydroxyl groups is 1. The van der Waals surface area contributed by atoms with E-state index in [1.807, 2.05) is 12.1 Å². The Morgan fingerprint density at radius 1 is 1.00 bits per heavy atom. The summed E-state index contributed by atoms with van der Waals surface area (Å²) in [5.41, 5.74) is 3.18. The predicted octanol–water partition coefficient (Wildman–Crippen LogP) is 6.98. The molecule has 0 atom stereocenters. The molecule has 0 spiro atoms. The maximum Gasteiger partial charge on any atom is 0.307 e. The molecule has 0 radical (unpaired) electrons. The van der Waals surface area contributed by atoms with Crippen molar-refractivity contribution in [1.29, 1.82) is 0 Å². The number of halogens is 2. The van der Waals surface area contributed by atoms with E-state index in [9.17, 15) is 9.90 Å². The number of benzene rings is 3. The van der Waals surface area contributed by atoms with Crippen molar-refractivity contribution in [2.45, 2.75) is 26.7 Å². The summed E-state index contributed by atoms with van der Waals surface area (Å²) in [6, 6.07) is 16.0. The number of phenolic OH excluding ortho intramolecular Hbond substituents is 1. The number of phenols is 1. The van der Waals surface area contributed by atoms with Crippen molar-refractivity contribution < 1.29 is 19.7 Å². The van der Waals surface area contributed by atoms with Gasteiger partial charge in [-0.3, -0.25) is 4.79 Å². The topological polar surface area (TPSA) is 66.8 Å². The van der Waals surface area contributed by atoms with Gasteiger partial charge < -0.3 is 14.9 Å². The summed E-state index contributed by atoms with van der Waals surface area (Å²) in [6.45, 7) is 4.32. The molecule has 0 saturated carbocycles. The number of carbonyl (C=O) groups is 1. The first-order chi connectivity index (χ1) is 14.2. The Labute approximate surface area is 185 Å². The minimum absolute atomic E-state index is 0.137. The number of hydrogen-bond donors (Lipinski definition) is 2. The number of ether oxygens (including phenoxy) is 1. The third-order valence-electron chi connectivity index (χ3n) is 4.48. The van der Waals surface area contributed by atoms with Crippen LogP contribution in [0.15, 0.2) is 54.6 Å². The lowest BCUT2D eigenvalue weighted by atomic mass is 9.97. The second-order valence-electron chi connectivity index (χ2n) is 7.54. The fraction of sp³-hybridized carbons (Fsp3) is 0.208. The van der Waals surface area contributed by atoms with Gasteiger partial charge in [-0.25, -0.2) is 0 Å². The van der Waals surface area contributed by atoms with Crippen LogP contribution in [0.4, 0.5) is 0 Å². The largest absolute Gasteiger partial charge is 0.507 e. The lowest BCUT2D eigenvalue weighted by molar-refractivity contribution is -0.136. The van der Waals surface area contributed by atoms with Crippen LogP contribution in [0, 0.1) is 5.92 Å². The Bertz CT molecular complexity index is 1050. The fourth-order valence-corrected chi connectivity index (χ4v) is 3.86.